The minimum absolute atomic E-state index is 0.149. The Hall–Kier alpha value is -0.780. The molecule has 1 aromatic rings. The molecule has 3 N–H and O–H groups in total. The average Bonchev–Trinajstić information content (AvgIpc) is 2.22. The Morgan fingerprint density at radius 3 is 2.56 bits per heavy atom. The Labute approximate surface area is 114 Å². The molecule has 0 aliphatic heterocycles. The summed E-state index contributed by atoms with van der Waals surface area (Å²) in [6.07, 6.45) is 0.786. The Morgan fingerprint density at radius 1 is 1.39 bits per heavy atom. The molecule has 6 heteroatoms. The SMILES string of the molecule is Cc1c(N)cc(Cl)cc1S(=O)(=O)NCCC(C)C. The summed E-state index contributed by atoms with van der Waals surface area (Å²) in [6, 6.07) is 2.97. The Balaban J connectivity index is 2.98. The number of nitrogens with one attached hydrogen (secondary N) is 1. The van der Waals surface area contributed by atoms with Crippen LogP contribution in [0.2, 0.25) is 5.02 Å². The topological polar surface area (TPSA) is 72.2 Å². The number of rotatable bonds is 5. The second-order valence-corrected chi connectivity index (χ2v) is 6.87. The van der Waals surface area contributed by atoms with Gasteiger partial charge in [-0.05, 0) is 37.0 Å². The minimum Gasteiger partial charge on any atom is -0.398 e. The van der Waals surface area contributed by atoms with Crippen molar-refractivity contribution in [2.24, 2.45) is 5.92 Å². The second-order valence-electron chi connectivity index (χ2n) is 4.70. The highest BCUT2D eigenvalue weighted by Gasteiger charge is 2.18. The molecule has 4 nitrogen and oxygen atoms in total. The molecule has 0 spiro atoms. The van der Waals surface area contributed by atoms with E-state index in [-0.39, 0.29) is 4.90 Å². The molecule has 0 bridgehead atoms. The highest BCUT2D eigenvalue weighted by atomic mass is 35.5. The first kappa shape index (κ1) is 15.3. The molecule has 0 amide bonds. The summed E-state index contributed by atoms with van der Waals surface area (Å²) in [4.78, 5) is 0.149. The van der Waals surface area contributed by atoms with Crippen molar-refractivity contribution < 1.29 is 8.42 Å². The van der Waals surface area contributed by atoms with Gasteiger partial charge >= 0.3 is 0 Å². The average molecular weight is 291 g/mol. The molecule has 102 valence electrons. The summed E-state index contributed by atoms with van der Waals surface area (Å²) < 4.78 is 26.8. The van der Waals surface area contributed by atoms with Crippen molar-refractivity contribution in [3.05, 3.63) is 22.7 Å². The van der Waals surface area contributed by atoms with Gasteiger partial charge in [0.2, 0.25) is 10.0 Å². The van der Waals surface area contributed by atoms with Crippen molar-refractivity contribution in [1.29, 1.82) is 0 Å². The van der Waals surface area contributed by atoms with Crippen LogP contribution >= 0.6 is 11.6 Å². The van der Waals surface area contributed by atoms with Crippen molar-refractivity contribution in [2.45, 2.75) is 32.1 Å². The number of halogens is 1. The van der Waals surface area contributed by atoms with E-state index in [9.17, 15) is 8.42 Å². The monoisotopic (exact) mass is 290 g/mol. The molecule has 0 unspecified atom stereocenters. The third kappa shape index (κ3) is 3.86. The molecule has 0 heterocycles. The van der Waals surface area contributed by atoms with Crippen LogP contribution in [0, 0.1) is 12.8 Å². The van der Waals surface area contributed by atoms with Crippen LogP contribution in [0.4, 0.5) is 5.69 Å². The zero-order chi connectivity index (χ0) is 13.9. The zero-order valence-electron chi connectivity index (χ0n) is 10.8. The van der Waals surface area contributed by atoms with Crippen molar-refractivity contribution in [1.82, 2.24) is 4.72 Å². The molecule has 0 saturated heterocycles. The predicted octanol–water partition coefficient (Wildman–Crippen LogP) is 2.56. The summed E-state index contributed by atoms with van der Waals surface area (Å²) in [6.45, 7) is 6.16. The molecule has 0 aromatic heterocycles. The Morgan fingerprint density at radius 2 is 2.00 bits per heavy atom. The Kier molecular flexibility index (Phi) is 5.01. The summed E-state index contributed by atoms with van der Waals surface area (Å²) in [5, 5.41) is 0.322. The maximum Gasteiger partial charge on any atom is 0.240 e. The third-order valence-corrected chi connectivity index (χ3v) is 4.47. The van der Waals surface area contributed by atoms with E-state index in [4.69, 9.17) is 17.3 Å². The minimum atomic E-state index is -3.55. The molecule has 1 aromatic carbocycles. The molecular formula is C12H19ClN2O2S. The van der Waals surface area contributed by atoms with E-state index in [1.54, 1.807) is 13.0 Å². The molecule has 0 aliphatic carbocycles. The third-order valence-electron chi connectivity index (χ3n) is 2.67. The van der Waals surface area contributed by atoms with Crippen LogP contribution in [0.15, 0.2) is 17.0 Å². The summed E-state index contributed by atoms with van der Waals surface area (Å²) in [5.74, 6) is 0.443. The van der Waals surface area contributed by atoms with E-state index in [2.05, 4.69) is 4.72 Å². The number of anilines is 1. The molecule has 18 heavy (non-hydrogen) atoms. The Bertz CT molecular complexity index is 527. The van der Waals surface area contributed by atoms with E-state index >= 15 is 0 Å². The van der Waals surface area contributed by atoms with E-state index in [1.165, 1.54) is 6.07 Å². The van der Waals surface area contributed by atoms with E-state index in [0.29, 0.717) is 28.7 Å². The first-order chi connectivity index (χ1) is 8.24. The molecule has 1 rings (SSSR count). The molecule has 0 saturated carbocycles. The van der Waals surface area contributed by atoms with Crippen molar-refractivity contribution >= 4 is 27.3 Å². The normalized spacial score (nSPS) is 12.1. The van der Waals surface area contributed by atoms with Crippen LogP contribution in [0.1, 0.15) is 25.8 Å². The molecule has 0 aliphatic rings. The fourth-order valence-corrected chi connectivity index (χ4v) is 3.15. The van der Waals surface area contributed by atoms with Crippen molar-refractivity contribution in [3.63, 3.8) is 0 Å². The lowest BCUT2D eigenvalue weighted by atomic mass is 10.1. The van der Waals surface area contributed by atoms with Gasteiger partial charge in [-0.2, -0.15) is 0 Å². The first-order valence-corrected chi connectivity index (χ1v) is 7.65. The lowest BCUT2D eigenvalue weighted by molar-refractivity contribution is 0.551. The van der Waals surface area contributed by atoms with Gasteiger partial charge in [0.25, 0.3) is 0 Å². The lowest BCUT2D eigenvalue weighted by Gasteiger charge is -2.12. The molecule has 0 fully saturated rings. The lowest BCUT2D eigenvalue weighted by Crippen LogP contribution is -2.26. The number of nitrogens with two attached hydrogens (primary N) is 1. The summed E-state index contributed by atoms with van der Waals surface area (Å²) in [5.41, 5.74) is 6.62. The van der Waals surface area contributed by atoms with Crippen LogP contribution in [0.5, 0.6) is 0 Å². The summed E-state index contributed by atoms with van der Waals surface area (Å²) in [7, 11) is -3.55. The molecule has 0 atom stereocenters. The number of benzene rings is 1. The van der Waals surface area contributed by atoms with Gasteiger partial charge in [0, 0.05) is 17.3 Å². The van der Waals surface area contributed by atoms with Crippen molar-refractivity contribution in [2.75, 3.05) is 12.3 Å². The van der Waals surface area contributed by atoms with Crippen molar-refractivity contribution in [3.8, 4) is 0 Å². The number of sulfonamides is 1. The maximum absolute atomic E-state index is 12.1. The van der Waals surface area contributed by atoms with Crippen LogP contribution in [-0.4, -0.2) is 15.0 Å². The zero-order valence-corrected chi connectivity index (χ0v) is 12.4. The summed E-state index contributed by atoms with van der Waals surface area (Å²) >= 11 is 5.84. The van der Waals surface area contributed by atoms with Gasteiger partial charge < -0.3 is 5.73 Å². The van der Waals surface area contributed by atoms with Gasteiger partial charge in [0.05, 0.1) is 4.90 Å². The molecular weight excluding hydrogens is 272 g/mol. The maximum atomic E-state index is 12.1. The van der Waals surface area contributed by atoms with Gasteiger partial charge in [-0.1, -0.05) is 25.4 Å². The van der Waals surface area contributed by atoms with Crippen LogP contribution in [0.3, 0.4) is 0 Å². The van der Waals surface area contributed by atoms with Gasteiger partial charge in [-0.15, -0.1) is 0 Å². The smallest absolute Gasteiger partial charge is 0.240 e. The van der Waals surface area contributed by atoms with E-state index < -0.39 is 10.0 Å². The van der Waals surface area contributed by atoms with Crippen LogP contribution < -0.4 is 10.5 Å². The second kappa shape index (κ2) is 5.91. The van der Waals surface area contributed by atoms with Crippen LogP contribution in [0.25, 0.3) is 0 Å². The predicted molar refractivity (Wildman–Crippen MR) is 75.2 cm³/mol. The highest BCUT2D eigenvalue weighted by molar-refractivity contribution is 7.89. The van der Waals surface area contributed by atoms with Crippen LogP contribution in [-0.2, 0) is 10.0 Å². The number of hydrogen-bond acceptors (Lipinski definition) is 3. The van der Waals surface area contributed by atoms with Gasteiger partial charge in [0.1, 0.15) is 0 Å². The first-order valence-electron chi connectivity index (χ1n) is 5.79. The van der Waals surface area contributed by atoms with E-state index in [1.807, 2.05) is 13.8 Å². The highest BCUT2D eigenvalue weighted by Crippen LogP contribution is 2.25. The van der Waals surface area contributed by atoms with Gasteiger partial charge in [-0.25, -0.2) is 13.1 Å². The molecule has 0 radical (unpaired) electrons. The largest absolute Gasteiger partial charge is 0.398 e. The quantitative estimate of drug-likeness (QED) is 0.819. The standard InChI is InChI=1S/C12H19ClN2O2S/c1-8(2)4-5-15-18(16,17)12-7-10(13)6-11(14)9(12)3/h6-8,15H,4-5,14H2,1-3H3. The van der Waals surface area contributed by atoms with E-state index in [0.717, 1.165) is 6.42 Å². The van der Waals surface area contributed by atoms with Gasteiger partial charge in [0.15, 0.2) is 0 Å². The van der Waals surface area contributed by atoms with Gasteiger partial charge in [-0.3, -0.25) is 0 Å². The number of nitrogen functional groups attached to an aromatic ring is 1. The number of hydrogen-bond donors (Lipinski definition) is 2. The fourth-order valence-electron chi connectivity index (χ4n) is 1.51. The fraction of sp³-hybridized carbons (Fsp3) is 0.500.